The van der Waals surface area contributed by atoms with E-state index in [9.17, 15) is 4.79 Å². The second-order valence-electron chi connectivity index (χ2n) is 6.75. The number of aromatic nitrogens is 4. The van der Waals surface area contributed by atoms with Crippen LogP contribution in [0.1, 0.15) is 30.4 Å². The molecule has 1 saturated heterocycles. The standard InChI is InChI=1S/C18H22N6O2/c1-12-20-17(23-26-12)10-19-18(25)24-8-4-5-13(11-24)9-16-21-14-6-2-3-7-15(14)22-16/h2-3,6-7,13H,4-5,8-11H2,1H3,(H,19,25)(H,21,22)/t13-/m0/s1. The molecule has 8 nitrogen and oxygen atoms in total. The SMILES string of the molecule is Cc1nc(CNC(=O)N2CCC[C@@H](Cc3nc4ccccc4[nH]3)C2)no1. The summed E-state index contributed by atoms with van der Waals surface area (Å²) in [4.78, 5) is 26.4. The number of para-hydroxylation sites is 2. The van der Waals surface area contributed by atoms with Crippen molar-refractivity contribution in [3.05, 3.63) is 41.8 Å². The first-order valence-electron chi connectivity index (χ1n) is 8.93. The molecule has 1 atom stereocenters. The predicted molar refractivity (Wildman–Crippen MR) is 95.4 cm³/mol. The summed E-state index contributed by atoms with van der Waals surface area (Å²) in [7, 11) is 0. The van der Waals surface area contributed by atoms with Crippen molar-refractivity contribution in [1.82, 2.24) is 30.3 Å². The molecule has 1 aliphatic heterocycles. The van der Waals surface area contributed by atoms with Crippen molar-refractivity contribution >= 4 is 17.1 Å². The van der Waals surface area contributed by atoms with Gasteiger partial charge in [-0.05, 0) is 30.9 Å². The van der Waals surface area contributed by atoms with E-state index < -0.39 is 0 Å². The molecule has 0 bridgehead atoms. The van der Waals surface area contributed by atoms with Gasteiger partial charge in [0.25, 0.3) is 0 Å². The third-order valence-electron chi connectivity index (χ3n) is 4.69. The van der Waals surface area contributed by atoms with Crippen LogP contribution in [0.3, 0.4) is 0 Å². The number of rotatable bonds is 4. The lowest BCUT2D eigenvalue weighted by Gasteiger charge is -2.32. The Bertz CT molecular complexity index is 869. The number of nitrogens with zero attached hydrogens (tertiary/aromatic N) is 4. The van der Waals surface area contributed by atoms with Gasteiger partial charge < -0.3 is 19.7 Å². The first-order chi connectivity index (χ1) is 12.7. The highest BCUT2D eigenvalue weighted by Crippen LogP contribution is 2.21. The number of carbonyl (C=O) groups is 1. The quantitative estimate of drug-likeness (QED) is 0.749. The molecule has 0 aliphatic carbocycles. The summed E-state index contributed by atoms with van der Waals surface area (Å²) in [5, 5.41) is 6.66. The fraction of sp³-hybridized carbons (Fsp3) is 0.444. The molecule has 2 amide bonds. The molecule has 0 spiro atoms. The number of carbonyl (C=O) groups excluding carboxylic acids is 1. The monoisotopic (exact) mass is 354 g/mol. The van der Waals surface area contributed by atoms with Gasteiger partial charge in [0.15, 0.2) is 5.82 Å². The lowest BCUT2D eigenvalue weighted by molar-refractivity contribution is 0.164. The van der Waals surface area contributed by atoms with Crippen LogP contribution in [-0.2, 0) is 13.0 Å². The van der Waals surface area contributed by atoms with Crippen molar-refractivity contribution in [3.8, 4) is 0 Å². The highest BCUT2D eigenvalue weighted by atomic mass is 16.5. The number of aromatic amines is 1. The Balaban J connectivity index is 1.33. The number of likely N-dealkylation sites (tertiary alicyclic amines) is 1. The average molecular weight is 354 g/mol. The van der Waals surface area contributed by atoms with Crippen LogP contribution in [0.2, 0.25) is 0 Å². The number of piperidine rings is 1. The zero-order valence-corrected chi connectivity index (χ0v) is 14.7. The molecule has 1 fully saturated rings. The third-order valence-corrected chi connectivity index (χ3v) is 4.69. The summed E-state index contributed by atoms with van der Waals surface area (Å²) in [6.07, 6.45) is 2.95. The van der Waals surface area contributed by atoms with Gasteiger partial charge in [-0.25, -0.2) is 9.78 Å². The molecule has 1 aliphatic rings. The molecule has 0 unspecified atom stereocenters. The number of amides is 2. The van der Waals surface area contributed by atoms with Crippen LogP contribution in [0.25, 0.3) is 11.0 Å². The second kappa shape index (κ2) is 7.15. The maximum absolute atomic E-state index is 12.4. The molecule has 3 heterocycles. The zero-order valence-electron chi connectivity index (χ0n) is 14.7. The smallest absolute Gasteiger partial charge is 0.317 e. The number of hydrogen-bond acceptors (Lipinski definition) is 5. The maximum Gasteiger partial charge on any atom is 0.317 e. The molecule has 136 valence electrons. The Morgan fingerprint density at radius 3 is 3.08 bits per heavy atom. The topological polar surface area (TPSA) is 99.9 Å². The average Bonchev–Trinajstić information content (AvgIpc) is 3.25. The van der Waals surface area contributed by atoms with E-state index in [4.69, 9.17) is 4.52 Å². The van der Waals surface area contributed by atoms with Crippen LogP contribution >= 0.6 is 0 Å². The van der Waals surface area contributed by atoms with E-state index in [1.54, 1.807) is 6.92 Å². The minimum absolute atomic E-state index is 0.0817. The van der Waals surface area contributed by atoms with E-state index >= 15 is 0 Å². The number of hydrogen-bond donors (Lipinski definition) is 2. The van der Waals surface area contributed by atoms with Crippen LogP contribution in [-0.4, -0.2) is 44.1 Å². The van der Waals surface area contributed by atoms with Crippen LogP contribution in [0.5, 0.6) is 0 Å². The second-order valence-corrected chi connectivity index (χ2v) is 6.75. The summed E-state index contributed by atoms with van der Waals surface area (Å²) >= 11 is 0. The molecule has 0 radical (unpaired) electrons. The maximum atomic E-state index is 12.4. The van der Waals surface area contributed by atoms with Gasteiger partial charge >= 0.3 is 6.03 Å². The summed E-state index contributed by atoms with van der Waals surface area (Å²) in [6.45, 7) is 3.51. The molecule has 26 heavy (non-hydrogen) atoms. The number of H-pyrrole nitrogens is 1. The van der Waals surface area contributed by atoms with Crippen LogP contribution in [0.4, 0.5) is 4.79 Å². The van der Waals surface area contributed by atoms with E-state index in [2.05, 4.69) is 25.4 Å². The molecular weight excluding hydrogens is 332 g/mol. The Morgan fingerprint density at radius 2 is 2.27 bits per heavy atom. The summed E-state index contributed by atoms with van der Waals surface area (Å²) in [6, 6.07) is 7.95. The van der Waals surface area contributed by atoms with E-state index in [0.717, 1.165) is 49.2 Å². The summed E-state index contributed by atoms with van der Waals surface area (Å²) < 4.78 is 4.91. The van der Waals surface area contributed by atoms with Crippen LogP contribution < -0.4 is 5.32 Å². The minimum Gasteiger partial charge on any atom is -0.342 e. The van der Waals surface area contributed by atoms with Gasteiger partial charge in [-0.15, -0.1) is 0 Å². The third kappa shape index (κ3) is 3.68. The van der Waals surface area contributed by atoms with Crippen molar-refractivity contribution in [2.45, 2.75) is 32.7 Å². The Morgan fingerprint density at radius 1 is 1.38 bits per heavy atom. The largest absolute Gasteiger partial charge is 0.342 e. The molecule has 4 rings (SSSR count). The van der Waals surface area contributed by atoms with Gasteiger partial charge in [0.2, 0.25) is 5.89 Å². The van der Waals surface area contributed by atoms with Crippen molar-refractivity contribution in [3.63, 3.8) is 0 Å². The zero-order chi connectivity index (χ0) is 17.9. The molecule has 1 aromatic carbocycles. The molecule has 0 saturated carbocycles. The summed E-state index contributed by atoms with van der Waals surface area (Å²) in [5.41, 5.74) is 2.05. The Labute approximate surface area is 151 Å². The van der Waals surface area contributed by atoms with Gasteiger partial charge in [-0.1, -0.05) is 17.3 Å². The van der Waals surface area contributed by atoms with E-state index in [1.165, 1.54) is 0 Å². The molecule has 2 aromatic heterocycles. The van der Waals surface area contributed by atoms with Crippen molar-refractivity contribution < 1.29 is 9.32 Å². The first-order valence-corrected chi connectivity index (χ1v) is 8.93. The highest BCUT2D eigenvalue weighted by Gasteiger charge is 2.24. The normalized spacial score (nSPS) is 17.6. The van der Waals surface area contributed by atoms with Crippen LogP contribution in [0.15, 0.2) is 28.8 Å². The van der Waals surface area contributed by atoms with Gasteiger partial charge in [-0.3, -0.25) is 0 Å². The first kappa shape index (κ1) is 16.6. The Hall–Kier alpha value is -2.90. The molecule has 8 heteroatoms. The number of urea groups is 1. The van der Waals surface area contributed by atoms with Gasteiger partial charge in [0, 0.05) is 26.4 Å². The van der Waals surface area contributed by atoms with Gasteiger partial charge in [-0.2, -0.15) is 4.98 Å². The van der Waals surface area contributed by atoms with Gasteiger partial charge in [0.05, 0.1) is 17.6 Å². The van der Waals surface area contributed by atoms with E-state index in [0.29, 0.717) is 17.6 Å². The van der Waals surface area contributed by atoms with Crippen molar-refractivity contribution in [2.24, 2.45) is 5.92 Å². The number of benzene rings is 1. The lowest BCUT2D eigenvalue weighted by Crippen LogP contribution is -2.45. The number of imidazole rings is 1. The predicted octanol–water partition coefficient (Wildman–Crippen LogP) is 2.42. The fourth-order valence-corrected chi connectivity index (χ4v) is 3.47. The van der Waals surface area contributed by atoms with E-state index in [-0.39, 0.29) is 12.6 Å². The number of aryl methyl sites for hydroxylation is 1. The fourth-order valence-electron chi connectivity index (χ4n) is 3.47. The van der Waals surface area contributed by atoms with E-state index in [1.807, 2.05) is 29.2 Å². The summed E-state index contributed by atoms with van der Waals surface area (Å²) in [5.74, 6) is 2.38. The number of fused-ring (bicyclic) bond motifs is 1. The Kier molecular flexibility index (Phi) is 4.55. The number of nitrogens with one attached hydrogen (secondary N) is 2. The molecule has 2 N–H and O–H groups in total. The van der Waals surface area contributed by atoms with Crippen molar-refractivity contribution in [2.75, 3.05) is 13.1 Å². The van der Waals surface area contributed by atoms with Gasteiger partial charge in [0.1, 0.15) is 5.82 Å². The van der Waals surface area contributed by atoms with Crippen LogP contribution in [0, 0.1) is 12.8 Å². The molecular formula is C18H22N6O2. The minimum atomic E-state index is -0.0817. The van der Waals surface area contributed by atoms with Crippen molar-refractivity contribution in [1.29, 1.82) is 0 Å². The molecule has 3 aromatic rings. The lowest BCUT2D eigenvalue weighted by atomic mass is 9.95. The highest BCUT2D eigenvalue weighted by molar-refractivity contribution is 5.75.